The number of halogens is 1. The van der Waals surface area contributed by atoms with Crippen LogP contribution in [0, 0.1) is 0 Å². The molecule has 1 heterocycles. The number of hydrogen-bond donors (Lipinski definition) is 1. The largest absolute Gasteiger partial charge is 0.478 e. The lowest BCUT2D eigenvalue weighted by Crippen LogP contribution is -2.36. The van der Waals surface area contributed by atoms with E-state index in [9.17, 15) is 13.2 Å². The molecule has 0 aliphatic carbocycles. The lowest BCUT2D eigenvalue weighted by molar-refractivity contribution is 0.0696. The Kier molecular flexibility index (Phi) is 5.03. The average Bonchev–Trinajstić information content (AvgIpc) is 2.64. The molecule has 1 aromatic carbocycles. The fraction of sp³-hybridized carbons (Fsp3) is 0.462. The molecule has 0 spiro atoms. The molecule has 1 fully saturated rings. The van der Waals surface area contributed by atoms with Crippen molar-refractivity contribution in [3.63, 3.8) is 0 Å². The van der Waals surface area contributed by atoms with Crippen LogP contribution in [0.1, 0.15) is 23.7 Å². The number of rotatable bonds is 3. The predicted octanol–water partition coefficient (Wildman–Crippen LogP) is 1.95. The molecule has 2 rings (SSSR count). The van der Waals surface area contributed by atoms with E-state index in [4.69, 9.17) is 9.84 Å². The minimum Gasteiger partial charge on any atom is -0.478 e. The van der Waals surface area contributed by atoms with E-state index in [2.05, 4.69) is 15.9 Å². The van der Waals surface area contributed by atoms with Gasteiger partial charge in [-0.05, 0) is 47.5 Å². The highest BCUT2D eigenvalue weighted by atomic mass is 79.9. The maximum atomic E-state index is 12.7. The Hall–Kier alpha value is -0.960. The minimum atomic E-state index is -3.76. The number of sulfonamides is 1. The monoisotopic (exact) mass is 377 g/mol. The molecule has 1 atom stereocenters. The zero-order valence-corrected chi connectivity index (χ0v) is 13.9. The van der Waals surface area contributed by atoms with Crippen LogP contribution in [-0.2, 0) is 14.8 Å². The fourth-order valence-electron chi connectivity index (χ4n) is 2.15. The first-order chi connectivity index (χ1) is 9.82. The lowest BCUT2D eigenvalue weighted by Gasteiger charge is -2.22. The Morgan fingerprint density at radius 3 is 2.86 bits per heavy atom. The highest BCUT2D eigenvalue weighted by molar-refractivity contribution is 9.10. The third kappa shape index (κ3) is 3.63. The van der Waals surface area contributed by atoms with Crippen LogP contribution in [0.15, 0.2) is 27.6 Å². The van der Waals surface area contributed by atoms with Crippen LogP contribution in [0.2, 0.25) is 0 Å². The summed E-state index contributed by atoms with van der Waals surface area (Å²) in [6, 6.07) is 3.98. The quantitative estimate of drug-likeness (QED) is 0.869. The third-order valence-electron chi connectivity index (χ3n) is 3.21. The Morgan fingerprint density at radius 2 is 2.19 bits per heavy atom. The summed E-state index contributed by atoms with van der Waals surface area (Å²) in [5, 5.41) is 9.02. The SMILES string of the molecule is CC1CN(S(=O)(=O)c2cc(C(=O)O)ccc2Br)CCCO1. The molecule has 1 aromatic rings. The van der Waals surface area contributed by atoms with Crippen molar-refractivity contribution in [1.82, 2.24) is 4.31 Å². The number of carboxylic acid groups (broad SMARTS) is 1. The van der Waals surface area contributed by atoms with E-state index in [0.29, 0.717) is 24.0 Å². The van der Waals surface area contributed by atoms with Crippen molar-refractivity contribution < 1.29 is 23.1 Å². The molecular weight excluding hydrogens is 362 g/mol. The van der Waals surface area contributed by atoms with Crippen LogP contribution < -0.4 is 0 Å². The maximum absolute atomic E-state index is 12.7. The van der Waals surface area contributed by atoms with Gasteiger partial charge >= 0.3 is 5.97 Å². The van der Waals surface area contributed by atoms with E-state index < -0.39 is 16.0 Å². The highest BCUT2D eigenvalue weighted by Crippen LogP contribution is 2.27. The second-order valence-electron chi connectivity index (χ2n) is 4.85. The van der Waals surface area contributed by atoms with Crippen LogP contribution in [0.3, 0.4) is 0 Å². The molecule has 1 N–H and O–H groups in total. The summed E-state index contributed by atoms with van der Waals surface area (Å²) in [5.41, 5.74) is -0.0594. The zero-order chi connectivity index (χ0) is 15.6. The smallest absolute Gasteiger partial charge is 0.335 e. The lowest BCUT2D eigenvalue weighted by atomic mass is 10.2. The molecular formula is C13H16BrNO5S. The molecule has 0 radical (unpaired) electrons. The number of hydrogen-bond acceptors (Lipinski definition) is 4. The summed E-state index contributed by atoms with van der Waals surface area (Å²) in [7, 11) is -3.76. The van der Waals surface area contributed by atoms with Crippen LogP contribution in [-0.4, -0.2) is 49.6 Å². The number of benzene rings is 1. The predicted molar refractivity (Wildman–Crippen MR) is 79.9 cm³/mol. The summed E-state index contributed by atoms with van der Waals surface area (Å²) < 4.78 is 32.6. The molecule has 0 bridgehead atoms. The molecule has 1 unspecified atom stereocenters. The van der Waals surface area contributed by atoms with Crippen LogP contribution in [0.25, 0.3) is 0 Å². The molecule has 8 heteroatoms. The molecule has 6 nitrogen and oxygen atoms in total. The average molecular weight is 378 g/mol. The number of carboxylic acids is 1. The Labute approximate surface area is 131 Å². The van der Waals surface area contributed by atoms with Gasteiger partial charge in [0.15, 0.2) is 0 Å². The summed E-state index contributed by atoms with van der Waals surface area (Å²) >= 11 is 3.19. The normalized spacial score (nSPS) is 21.0. The molecule has 1 aliphatic rings. The standard InChI is InChI=1S/C13H16BrNO5S/c1-9-8-15(5-2-6-20-9)21(18,19)12-7-10(13(16)17)3-4-11(12)14/h3-4,7,9H,2,5-6,8H2,1H3,(H,16,17). The van der Waals surface area contributed by atoms with Gasteiger partial charge in [-0.25, -0.2) is 13.2 Å². The highest BCUT2D eigenvalue weighted by Gasteiger charge is 2.30. The molecule has 0 saturated carbocycles. The minimum absolute atomic E-state index is 0.0310. The van der Waals surface area contributed by atoms with E-state index in [1.807, 2.05) is 6.92 Å². The van der Waals surface area contributed by atoms with Crippen molar-refractivity contribution in [3.05, 3.63) is 28.2 Å². The van der Waals surface area contributed by atoms with E-state index in [1.54, 1.807) is 0 Å². The molecule has 116 valence electrons. The van der Waals surface area contributed by atoms with Crippen LogP contribution in [0.4, 0.5) is 0 Å². The van der Waals surface area contributed by atoms with Crippen molar-refractivity contribution >= 4 is 31.9 Å². The van der Waals surface area contributed by atoms with E-state index in [0.717, 1.165) is 0 Å². The molecule has 1 aliphatic heterocycles. The third-order valence-corrected chi connectivity index (χ3v) is 6.07. The number of aromatic carboxylic acids is 1. The van der Waals surface area contributed by atoms with Crippen molar-refractivity contribution in [2.75, 3.05) is 19.7 Å². The van der Waals surface area contributed by atoms with Crippen molar-refractivity contribution in [3.8, 4) is 0 Å². The van der Waals surface area contributed by atoms with Gasteiger partial charge in [-0.15, -0.1) is 0 Å². The van der Waals surface area contributed by atoms with Crippen molar-refractivity contribution in [2.45, 2.75) is 24.3 Å². The maximum Gasteiger partial charge on any atom is 0.335 e. The number of carbonyl (C=O) groups is 1. The van der Waals surface area contributed by atoms with Crippen molar-refractivity contribution in [1.29, 1.82) is 0 Å². The van der Waals surface area contributed by atoms with Gasteiger partial charge in [-0.3, -0.25) is 0 Å². The first kappa shape index (κ1) is 16.4. The molecule has 0 amide bonds. The van der Waals surface area contributed by atoms with E-state index in [1.165, 1.54) is 22.5 Å². The number of ether oxygens (including phenoxy) is 1. The van der Waals surface area contributed by atoms with Gasteiger partial charge in [0.2, 0.25) is 10.0 Å². The fourth-order valence-corrected chi connectivity index (χ4v) is 4.65. The van der Waals surface area contributed by atoms with Crippen LogP contribution >= 0.6 is 15.9 Å². The molecule has 1 saturated heterocycles. The second-order valence-corrected chi connectivity index (χ2v) is 7.61. The van der Waals surface area contributed by atoms with Gasteiger partial charge in [-0.2, -0.15) is 4.31 Å². The molecule has 0 aromatic heterocycles. The zero-order valence-electron chi connectivity index (χ0n) is 11.5. The van der Waals surface area contributed by atoms with Crippen LogP contribution in [0.5, 0.6) is 0 Å². The Bertz CT molecular complexity index is 646. The first-order valence-corrected chi connectivity index (χ1v) is 8.70. The summed E-state index contributed by atoms with van der Waals surface area (Å²) in [4.78, 5) is 11.0. The van der Waals surface area contributed by atoms with Gasteiger partial charge in [0, 0.05) is 24.2 Å². The summed E-state index contributed by atoms with van der Waals surface area (Å²) in [6.07, 6.45) is 0.420. The Balaban J connectivity index is 2.43. The van der Waals surface area contributed by atoms with Gasteiger partial charge in [-0.1, -0.05) is 0 Å². The van der Waals surface area contributed by atoms with E-state index in [-0.39, 0.29) is 23.1 Å². The van der Waals surface area contributed by atoms with Gasteiger partial charge in [0.25, 0.3) is 0 Å². The van der Waals surface area contributed by atoms with Crippen molar-refractivity contribution in [2.24, 2.45) is 0 Å². The van der Waals surface area contributed by atoms with Gasteiger partial charge in [0.05, 0.1) is 16.6 Å². The van der Waals surface area contributed by atoms with E-state index >= 15 is 0 Å². The Morgan fingerprint density at radius 1 is 1.48 bits per heavy atom. The summed E-state index contributed by atoms with van der Waals surface area (Å²) in [5.74, 6) is -1.16. The summed E-state index contributed by atoms with van der Waals surface area (Å²) in [6.45, 7) is 2.95. The second kappa shape index (κ2) is 6.43. The van der Waals surface area contributed by atoms with Gasteiger partial charge < -0.3 is 9.84 Å². The number of nitrogens with zero attached hydrogens (tertiary/aromatic N) is 1. The molecule has 21 heavy (non-hydrogen) atoms. The topological polar surface area (TPSA) is 83.9 Å². The first-order valence-electron chi connectivity index (χ1n) is 6.47. The van der Waals surface area contributed by atoms with Gasteiger partial charge in [0.1, 0.15) is 0 Å².